The van der Waals surface area contributed by atoms with Crippen LogP contribution < -0.4 is 5.73 Å². The summed E-state index contributed by atoms with van der Waals surface area (Å²) in [6.07, 6.45) is -1.81. The third kappa shape index (κ3) is 5.02. The van der Waals surface area contributed by atoms with Crippen molar-refractivity contribution in [2.45, 2.75) is 25.6 Å². The van der Waals surface area contributed by atoms with Crippen molar-refractivity contribution in [2.75, 3.05) is 5.75 Å². The molecule has 1 aromatic rings. The van der Waals surface area contributed by atoms with Gasteiger partial charge in [-0.3, -0.25) is 9.59 Å². The van der Waals surface area contributed by atoms with Gasteiger partial charge in [0.1, 0.15) is 6.10 Å². The van der Waals surface area contributed by atoms with Gasteiger partial charge in [0, 0.05) is 18.2 Å². The molecule has 1 rings (SSSR count). The van der Waals surface area contributed by atoms with Crippen LogP contribution in [0.2, 0.25) is 0 Å². The van der Waals surface area contributed by atoms with Crippen LogP contribution in [0.5, 0.6) is 0 Å². The third-order valence-electron chi connectivity index (χ3n) is 2.60. The van der Waals surface area contributed by atoms with Gasteiger partial charge >= 0.3 is 0 Å². The summed E-state index contributed by atoms with van der Waals surface area (Å²) >= 11 is 1.10. The number of aliphatic hydroxyl groups is 2. The molecule has 104 valence electrons. The van der Waals surface area contributed by atoms with Gasteiger partial charge in [-0.15, -0.1) is 0 Å². The summed E-state index contributed by atoms with van der Waals surface area (Å²) in [6.45, 7) is 1.45. The zero-order chi connectivity index (χ0) is 14.4. The first-order chi connectivity index (χ1) is 8.91. The number of hydrogen-bond acceptors (Lipinski definition) is 5. The lowest BCUT2D eigenvalue weighted by atomic mass is 10.0. The van der Waals surface area contributed by atoms with Crippen LogP contribution in [-0.2, 0) is 4.79 Å². The Morgan fingerprint density at radius 1 is 1.37 bits per heavy atom. The standard InChI is InChI=1S/C13H17NO4S/c1-8(15)19-6-5-11(16)12(17)9-3-2-4-10(7-9)13(14)18/h2-4,7,11-12,16-17H,5-6H2,1H3,(H2,14,18). The minimum absolute atomic E-state index is 0.0302. The van der Waals surface area contributed by atoms with Gasteiger partial charge in [0.2, 0.25) is 5.91 Å². The Labute approximate surface area is 115 Å². The Morgan fingerprint density at radius 2 is 2.05 bits per heavy atom. The van der Waals surface area contributed by atoms with E-state index in [-0.39, 0.29) is 17.1 Å². The van der Waals surface area contributed by atoms with Crippen molar-refractivity contribution >= 4 is 22.8 Å². The monoisotopic (exact) mass is 283 g/mol. The van der Waals surface area contributed by atoms with Crippen molar-refractivity contribution in [3.05, 3.63) is 35.4 Å². The van der Waals surface area contributed by atoms with E-state index in [1.807, 2.05) is 0 Å². The predicted molar refractivity (Wildman–Crippen MR) is 73.7 cm³/mol. The number of nitrogens with two attached hydrogens (primary N) is 1. The molecule has 2 unspecified atom stereocenters. The number of benzene rings is 1. The highest BCUT2D eigenvalue weighted by Crippen LogP contribution is 2.21. The molecule has 2 atom stereocenters. The molecule has 4 N–H and O–H groups in total. The average molecular weight is 283 g/mol. The maximum absolute atomic E-state index is 11.0. The van der Waals surface area contributed by atoms with E-state index in [4.69, 9.17) is 5.73 Å². The average Bonchev–Trinajstić information content (AvgIpc) is 2.37. The molecule has 0 fully saturated rings. The molecule has 0 spiro atoms. The van der Waals surface area contributed by atoms with E-state index in [1.54, 1.807) is 12.1 Å². The van der Waals surface area contributed by atoms with Crippen LogP contribution >= 0.6 is 11.8 Å². The molecule has 1 amide bonds. The smallest absolute Gasteiger partial charge is 0.248 e. The second kappa shape index (κ2) is 7.28. The van der Waals surface area contributed by atoms with Gasteiger partial charge in [-0.25, -0.2) is 0 Å². The molecule has 0 bridgehead atoms. The number of aliphatic hydroxyl groups excluding tert-OH is 2. The Hall–Kier alpha value is -1.37. The maximum Gasteiger partial charge on any atom is 0.248 e. The highest BCUT2D eigenvalue weighted by molar-refractivity contribution is 8.13. The minimum Gasteiger partial charge on any atom is -0.390 e. The van der Waals surface area contributed by atoms with E-state index in [1.165, 1.54) is 19.1 Å². The predicted octanol–water partition coefficient (Wildman–Crippen LogP) is 0.850. The minimum atomic E-state index is -1.10. The fourth-order valence-corrected chi connectivity index (χ4v) is 2.23. The normalized spacial score (nSPS) is 13.8. The van der Waals surface area contributed by atoms with Gasteiger partial charge in [-0.1, -0.05) is 23.9 Å². The van der Waals surface area contributed by atoms with Crippen molar-refractivity contribution in [1.82, 2.24) is 0 Å². The van der Waals surface area contributed by atoms with Gasteiger partial charge in [0.05, 0.1) is 6.10 Å². The van der Waals surface area contributed by atoms with Gasteiger partial charge in [0.25, 0.3) is 0 Å². The van der Waals surface area contributed by atoms with Crippen molar-refractivity contribution in [2.24, 2.45) is 5.73 Å². The fraction of sp³-hybridized carbons (Fsp3) is 0.385. The summed E-state index contributed by atoms with van der Waals surface area (Å²) in [5, 5.41) is 19.8. The number of carbonyl (C=O) groups excluding carboxylic acids is 2. The number of rotatable bonds is 6. The summed E-state index contributed by atoms with van der Waals surface area (Å²) < 4.78 is 0. The van der Waals surface area contributed by atoms with E-state index in [0.29, 0.717) is 11.3 Å². The van der Waals surface area contributed by atoms with E-state index >= 15 is 0 Å². The zero-order valence-electron chi connectivity index (χ0n) is 10.6. The zero-order valence-corrected chi connectivity index (χ0v) is 11.4. The van der Waals surface area contributed by atoms with Crippen LogP contribution in [-0.4, -0.2) is 33.1 Å². The lowest BCUT2D eigenvalue weighted by molar-refractivity contribution is -0.109. The van der Waals surface area contributed by atoms with Crippen LogP contribution in [0.15, 0.2) is 24.3 Å². The van der Waals surface area contributed by atoms with Crippen LogP contribution in [0.4, 0.5) is 0 Å². The number of amides is 1. The van der Waals surface area contributed by atoms with Crippen LogP contribution in [0, 0.1) is 0 Å². The summed E-state index contributed by atoms with van der Waals surface area (Å²) in [5.41, 5.74) is 5.86. The first kappa shape index (κ1) is 15.7. The molecule has 5 nitrogen and oxygen atoms in total. The number of thioether (sulfide) groups is 1. The highest BCUT2D eigenvalue weighted by Gasteiger charge is 2.19. The fourth-order valence-electron chi connectivity index (χ4n) is 1.58. The molecule has 1 aromatic carbocycles. The first-order valence-corrected chi connectivity index (χ1v) is 6.79. The summed E-state index contributed by atoms with van der Waals surface area (Å²) in [5.74, 6) is -0.154. The van der Waals surface area contributed by atoms with E-state index in [9.17, 15) is 19.8 Å². The lowest BCUT2D eigenvalue weighted by Gasteiger charge is -2.18. The molecule has 0 radical (unpaired) electrons. The largest absolute Gasteiger partial charge is 0.390 e. The molecular formula is C13H17NO4S. The number of hydrogen-bond donors (Lipinski definition) is 3. The molecule has 0 aliphatic carbocycles. The van der Waals surface area contributed by atoms with E-state index < -0.39 is 18.1 Å². The SMILES string of the molecule is CC(=O)SCCC(O)C(O)c1cccc(C(N)=O)c1. The Kier molecular flexibility index (Phi) is 6.01. The number of carbonyl (C=O) groups is 2. The highest BCUT2D eigenvalue weighted by atomic mass is 32.2. The Morgan fingerprint density at radius 3 is 2.63 bits per heavy atom. The van der Waals surface area contributed by atoms with Crippen molar-refractivity contribution in [3.8, 4) is 0 Å². The van der Waals surface area contributed by atoms with Crippen molar-refractivity contribution in [1.29, 1.82) is 0 Å². The molecule has 0 saturated heterocycles. The van der Waals surface area contributed by atoms with Crippen LogP contribution in [0.25, 0.3) is 0 Å². The van der Waals surface area contributed by atoms with Crippen LogP contribution in [0.1, 0.15) is 35.4 Å². The summed E-state index contributed by atoms with van der Waals surface area (Å²) in [4.78, 5) is 21.8. The quantitative estimate of drug-likeness (QED) is 0.718. The van der Waals surface area contributed by atoms with Crippen LogP contribution in [0.3, 0.4) is 0 Å². The van der Waals surface area contributed by atoms with Gasteiger partial charge in [0.15, 0.2) is 5.12 Å². The third-order valence-corrected chi connectivity index (χ3v) is 3.44. The molecular weight excluding hydrogens is 266 g/mol. The van der Waals surface area contributed by atoms with E-state index in [2.05, 4.69) is 0 Å². The summed E-state index contributed by atoms with van der Waals surface area (Å²) in [6, 6.07) is 6.19. The first-order valence-electron chi connectivity index (χ1n) is 5.81. The van der Waals surface area contributed by atoms with E-state index in [0.717, 1.165) is 11.8 Å². The Bertz CT molecular complexity index is 464. The molecule has 0 aliphatic heterocycles. The van der Waals surface area contributed by atoms with Gasteiger partial charge in [-0.05, 0) is 24.1 Å². The molecule has 0 aliphatic rings. The maximum atomic E-state index is 11.0. The Balaban J connectivity index is 2.65. The molecule has 19 heavy (non-hydrogen) atoms. The topological polar surface area (TPSA) is 101 Å². The number of primary amides is 1. The molecule has 0 aromatic heterocycles. The molecule has 0 heterocycles. The second-order valence-corrected chi connectivity index (χ2v) is 5.40. The van der Waals surface area contributed by atoms with Crippen molar-refractivity contribution < 1.29 is 19.8 Å². The lowest BCUT2D eigenvalue weighted by Crippen LogP contribution is -2.20. The van der Waals surface area contributed by atoms with Crippen molar-refractivity contribution in [3.63, 3.8) is 0 Å². The molecule has 6 heteroatoms. The van der Waals surface area contributed by atoms with Gasteiger partial charge in [-0.2, -0.15) is 0 Å². The molecule has 0 saturated carbocycles. The summed E-state index contributed by atoms with van der Waals surface area (Å²) in [7, 11) is 0. The van der Waals surface area contributed by atoms with Gasteiger partial charge < -0.3 is 15.9 Å². The second-order valence-electron chi connectivity index (χ2n) is 4.13.